The number of esters is 2. The van der Waals surface area contributed by atoms with Crippen LogP contribution in [0.3, 0.4) is 0 Å². The highest BCUT2D eigenvalue weighted by molar-refractivity contribution is 5.92. The fourth-order valence-corrected chi connectivity index (χ4v) is 4.50. The Hall–Kier alpha value is -2.40. The van der Waals surface area contributed by atoms with Gasteiger partial charge >= 0.3 is 11.9 Å². The van der Waals surface area contributed by atoms with E-state index in [0.717, 1.165) is 13.8 Å². The van der Waals surface area contributed by atoms with E-state index in [9.17, 15) is 60.0 Å². The molecule has 0 saturated carbocycles. The van der Waals surface area contributed by atoms with Gasteiger partial charge in [-0.05, 0) is 0 Å². The quantitative estimate of drug-likeness (QED) is 0.0818. The van der Waals surface area contributed by atoms with Gasteiger partial charge in [-0.2, -0.15) is 0 Å². The van der Waals surface area contributed by atoms with Crippen LogP contribution in [0, 0.1) is 0 Å². The minimum atomic E-state index is -3.26. The number of carbonyl (C=O) groups is 4. The van der Waals surface area contributed by atoms with Gasteiger partial charge in [-0.15, -0.1) is 0 Å². The lowest BCUT2D eigenvalue weighted by Gasteiger charge is -2.46. The van der Waals surface area contributed by atoms with E-state index in [4.69, 9.17) is 19.7 Å². The standard InChI is InChI=1S/C22H36N2O17/c1-7(27)23-13-9(29)3-21(37,40-17(13)15(33)11(31)5-25)19(35)39-20(36)22(38)4-10(30)14(24-8(2)28)18(41-22)16(34)12(32)6-26/h9-18,25-26,29-34,37-38H,3-6H2,1-2H3,(H,23,27)(H,24,28)/t9-,10-,11+,12+,13+,14+,15+,16+,17+,18+,21?,22?/m0/s1. The molecule has 2 aliphatic rings. The highest BCUT2D eigenvalue weighted by Gasteiger charge is 2.58. The van der Waals surface area contributed by atoms with Crippen LogP contribution in [0.4, 0.5) is 0 Å². The van der Waals surface area contributed by atoms with Crippen molar-refractivity contribution in [3.8, 4) is 0 Å². The number of ether oxygens (including phenoxy) is 3. The van der Waals surface area contributed by atoms with E-state index in [2.05, 4.69) is 15.4 Å². The topological polar surface area (TPSA) is 322 Å². The number of aliphatic hydroxyl groups excluding tert-OH is 8. The van der Waals surface area contributed by atoms with Crippen LogP contribution in [0.1, 0.15) is 26.7 Å². The summed E-state index contributed by atoms with van der Waals surface area (Å²) in [5.41, 5.74) is 0. The van der Waals surface area contributed by atoms with Crippen molar-refractivity contribution in [3.63, 3.8) is 0 Å². The van der Waals surface area contributed by atoms with Gasteiger partial charge in [-0.1, -0.05) is 0 Å². The molecule has 12 atom stereocenters. The molecule has 2 aliphatic heterocycles. The Morgan fingerprint density at radius 3 is 1.34 bits per heavy atom. The Bertz CT molecular complexity index is 894. The molecule has 2 amide bonds. The van der Waals surface area contributed by atoms with E-state index < -0.39 is 122 Å². The maximum absolute atomic E-state index is 12.8. The molecule has 2 heterocycles. The van der Waals surface area contributed by atoms with E-state index in [-0.39, 0.29) is 0 Å². The third-order valence-electron chi connectivity index (χ3n) is 6.57. The van der Waals surface area contributed by atoms with Crippen LogP contribution in [-0.4, -0.2) is 161 Å². The second kappa shape index (κ2) is 13.7. The van der Waals surface area contributed by atoms with Crippen LogP contribution in [-0.2, 0) is 33.4 Å². The summed E-state index contributed by atoms with van der Waals surface area (Å²) in [6, 6.07) is -3.08. The first-order valence-corrected chi connectivity index (χ1v) is 12.3. The summed E-state index contributed by atoms with van der Waals surface area (Å²) in [7, 11) is 0. The summed E-state index contributed by atoms with van der Waals surface area (Å²) in [5, 5.41) is 106. The lowest BCUT2D eigenvalue weighted by Crippen LogP contribution is -2.69. The maximum Gasteiger partial charge on any atom is 0.374 e. The van der Waals surface area contributed by atoms with E-state index in [1.54, 1.807) is 0 Å². The van der Waals surface area contributed by atoms with Crippen LogP contribution in [0.15, 0.2) is 0 Å². The number of hydrogen-bond acceptors (Lipinski definition) is 17. The summed E-state index contributed by atoms with van der Waals surface area (Å²) in [6.45, 7) is -0.0529. The first-order chi connectivity index (χ1) is 18.9. The zero-order valence-corrected chi connectivity index (χ0v) is 21.9. The van der Waals surface area contributed by atoms with Crippen molar-refractivity contribution in [2.75, 3.05) is 13.2 Å². The van der Waals surface area contributed by atoms with Gasteiger partial charge in [-0.3, -0.25) is 9.59 Å². The van der Waals surface area contributed by atoms with Gasteiger partial charge in [0.15, 0.2) is 0 Å². The SMILES string of the molecule is CC(=O)N[C@H]1[C@H]([C@H](O)[C@H](O)CO)OC(O)(C(=O)OC(=O)C2(O)C[C@H](O)[C@@H](NC(C)=O)[C@H]([C@H](O)[C@H](O)CO)O2)C[C@@H]1O. The summed E-state index contributed by atoms with van der Waals surface area (Å²) < 4.78 is 14.7. The Labute approximate surface area is 231 Å². The Balaban J connectivity index is 2.31. The molecule has 12 N–H and O–H groups in total. The predicted octanol–water partition coefficient (Wildman–Crippen LogP) is -7.83. The number of aliphatic hydroxyl groups is 10. The summed E-state index contributed by atoms with van der Waals surface area (Å²) in [5.74, 6) is -12.0. The molecule has 19 heteroatoms. The fraction of sp³-hybridized carbons (Fsp3) is 0.818. The third-order valence-corrected chi connectivity index (χ3v) is 6.57. The van der Waals surface area contributed by atoms with Crippen molar-refractivity contribution in [1.82, 2.24) is 10.6 Å². The average Bonchev–Trinajstić information content (AvgIpc) is 2.89. The van der Waals surface area contributed by atoms with E-state index in [0.29, 0.717) is 0 Å². The van der Waals surface area contributed by atoms with Gasteiger partial charge in [0.2, 0.25) is 11.8 Å². The Morgan fingerprint density at radius 2 is 1.07 bits per heavy atom. The normalized spacial score (nSPS) is 36.8. The smallest absolute Gasteiger partial charge is 0.374 e. The zero-order valence-electron chi connectivity index (χ0n) is 21.9. The molecule has 236 valence electrons. The minimum absolute atomic E-state index is 0.757. The molecule has 2 unspecified atom stereocenters. The highest BCUT2D eigenvalue weighted by atomic mass is 16.7. The largest absolute Gasteiger partial charge is 0.394 e. The molecule has 0 radical (unpaired) electrons. The monoisotopic (exact) mass is 600 g/mol. The lowest BCUT2D eigenvalue weighted by atomic mass is 9.88. The van der Waals surface area contributed by atoms with Crippen molar-refractivity contribution in [2.45, 2.75) is 99.2 Å². The molecule has 2 saturated heterocycles. The van der Waals surface area contributed by atoms with Crippen molar-refractivity contribution in [1.29, 1.82) is 0 Å². The molecule has 0 spiro atoms. The number of amides is 2. The molecule has 41 heavy (non-hydrogen) atoms. The van der Waals surface area contributed by atoms with Crippen LogP contribution in [0.2, 0.25) is 0 Å². The van der Waals surface area contributed by atoms with Gasteiger partial charge in [-0.25, -0.2) is 9.59 Å². The average molecular weight is 601 g/mol. The molecule has 2 rings (SSSR count). The third kappa shape index (κ3) is 7.91. The van der Waals surface area contributed by atoms with Crippen molar-refractivity contribution >= 4 is 23.8 Å². The van der Waals surface area contributed by atoms with Crippen LogP contribution in [0.5, 0.6) is 0 Å². The molecule has 0 aliphatic carbocycles. The van der Waals surface area contributed by atoms with Gasteiger partial charge in [0.05, 0.1) is 37.5 Å². The first kappa shape index (κ1) is 34.8. The number of nitrogens with one attached hydrogen (secondary N) is 2. The second-order valence-electron chi connectivity index (χ2n) is 9.89. The Kier molecular flexibility index (Phi) is 11.6. The minimum Gasteiger partial charge on any atom is -0.394 e. The molecule has 0 aromatic rings. The van der Waals surface area contributed by atoms with E-state index in [1.807, 2.05) is 0 Å². The van der Waals surface area contributed by atoms with Crippen molar-refractivity contribution in [3.05, 3.63) is 0 Å². The summed E-state index contributed by atoms with van der Waals surface area (Å²) >= 11 is 0. The molecule has 2 fully saturated rings. The maximum atomic E-state index is 12.8. The highest BCUT2D eigenvalue weighted by Crippen LogP contribution is 2.34. The van der Waals surface area contributed by atoms with E-state index in [1.165, 1.54) is 0 Å². The predicted molar refractivity (Wildman–Crippen MR) is 125 cm³/mol. The fourth-order valence-electron chi connectivity index (χ4n) is 4.50. The molecule has 0 aromatic heterocycles. The summed E-state index contributed by atoms with van der Waals surface area (Å²) in [4.78, 5) is 48.8. The van der Waals surface area contributed by atoms with Gasteiger partial charge in [0.1, 0.15) is 36.6 Å². The Morgan fingerprint density at radius 1 is 0.756 bits per heavy atom. The number of rotatable bonds is 10. The van der Waals surface area contributed by atoms with Crippen LogP contribution in [0.25, 0.3) is 0 Å². The molecule has 0 bridgehead atoms. The zero-order chi connectivity index (χ0) is 31.4. The molecular formula is C22H36N2O17. The first-order valence-electron chi connectivity index (χ1n) is 12.3. The van der Waals surface area contributed by atoms with Gasteiger partial charge in [0, 0.05) is 26.7 Å². The van der Waals surface area contributed by atoms with Crippen molar-refractivity contribution < 1.29 is 84.5 Å². The molecular weight excluding hydrogens is 564 g/mol. The van der Waals surface area contributed by atoms with Crippen molar-refractivity contribution in [2.24, 2.45) is 0 Å². The summed E-state index contributed by atoms with van der Waals surface area (Å²) in [6.07, 6.45) is -18.0. The van der Waals surface area contributed by atoms with Crippen LogP contribution >= 0.6 is 0 Å². The second-order valence-corrected chi connectivity index (χ2v) is 9.89. The van der Waals surface area contributed by atoms with Gasteiger partial charge < -0.3 is 75.9 Å². The number of hydrogen-bond donors (Lipinski definition) is 12. The molecule has 19 nitrogen and oxygen atoms in total. The van der Waals surface area contributed by atoms with Crippen LogP contribution < -0.4 is 10.6 Å². The van der Waals surface area contributed by atoms with Gasteiger partial charge in [0.25, 0.3) is 11.6 Å². The molecule has 0 aromatic carbocycles. The lowest BCUT2D eigenvalue weighted by molar-refractivity contribution is -0.309. The number of carbonyl (C=O) groups excluding carboxylic acids is 4. The van der Waals surface area contributed by atoms with E-state index >= 15 is 0 Å².